The van der Waals surface area contributed by atoms with E-state index in [2.05, 4.69) is 15.3 Å². The van der Waals surface area contributed by atoms with Gasteiger partial charge < -0.3 is 9.47 Å². The van der Waals surface area contributed by atoms with Crippen molar-refractivity contribution in [3.8, 4) is 21.9 Å². The monoisotopic (exact) mass is 355 g/mol. The van der Waals surface area contributed by atoms with Crippen molar-refractivity contribution in [1.82, 2.24) is 9.97 Å². The van der Waals surface area contributed by atoms with Crippen LogP contribution in [0.25, 0.3) is 10.4 Å². The number of nitrogens with one attached hydrogen (secondary N) is 1. The van der Waals surface area contributed by atoms with E-state index in [4.69, 9.17) is 9.47 Å². The van der Waals surface area contributed by atoms with Crippen LogP contribution in [0.3, 0.4) is 0 Å². The Morgan fingerprint density at radius 2 is 1.84 bits per heavy atom. The number of aryl methyl sites for hydroxylation is 1. The van der Waals surface area contributed by atoms with E-state index in [0.29, 0.717) is 22.2 Å². The van der Waals surface area contributed by atoms with E-state index in [9.17, 15) is 4.79 Å². The highest BCUT2D eigenvalue weighted by Crippen LogP contribution is 2.34. The number of rotatable bonds is 5. The van der Waals surface area contributed by atoms with Crippen molar-refractivity contribution >= 4 is 22.4 Å². The Balaban J connectivity index is 1.90. The first-order chi connectivity index (χ1) is 12.1. The zero-order chi connectivity index (χ0) is 17.8. The van der Waals surface area contributed by atoms with Gasteiger partial charge in [0, 0.05) is 18.0 Å². The molecule has 0 atom stereocenters. The van der Waals surface area contributed by atoms with Crippen molar-refractivity contribution in [2.75, 3.05) is 19.5 Å². The van der Waals surface area contributed by atoms with Crippen molar-refractivity contribution in [2.45, 2.75) is 6.92 Å². The Morgan fingerprint density at radius 1 is 1.12 bits per heavy atom. The van der Waals surface area contributed by atoms with E-state index in [1.54, 1.807) is 30.6 Å². The highest BCUT2D eigenvalue weighted by atomic mass is 32.1. The number of methoxy groups -OCH3 is 2. The summed E-state index contributed by atoms with van der Waals surface area (Å²) in [6, 6.07) is 9.02. The summed E-state index contributed by atoms with van der Waals surface area (Å²) >= 11 is 1.40. The lowest BCUT2D eigenvalue weighted by Gasteiger charge is -2.11. The second kappa shape index (κ2) is 7.31. The molecule has 1 aromatic carbocycles. The van der Waals surface area contributed by atoms with Gasteiger partial charge in [0.15, 0.2) is 5.13 Å². The molecule has 0 aliphatic heterocycles. The molecule has 7 heteroatoms. The minimum atomic E-state index is -0.333. The van der Waals surface area contributed by atoms with Crippen LogP contribution in [0.5, 0.6) is 11.5 Å². The number of aromatic nitrogens is 2. The number of thiazole rings is 1. The molecule has 0 unspecified atom stereocenters. The molecule has 128 valence electrons. The molecule has 2 heterocycles. The maximum Gasteiger partial charge on any atom is 0.265 e. The Kier molecular flexibility index (Phi) is 4.95. The van der Waals surface area contributed by atoms with Crippen molar-refractivity contribution in [3.05, 3.63) is 54.0 Å². The molecule has 6 nitrogen and oxygen atoms in total. The number of hydrogen-bond donors (Lipinski definition) is 1. The first kappa shape index (κ1) is 16.9. The van der Waals surface area contributed by atoms with Gasteiger partial charge >= 0.3 is 0 Å². The number of anilines is 1. The van der Waals surface area contributed by atoms with Crippen LogP contribution >= 0.6 is 11.3 Å². The van der Waals surface area contributed by atoms with Crippen molar-refractivity contribution in [3.63, 3.8) is 0 Å². The molecular formula is C18H17N3O3S. The molecular weight excluding hydrogens is 338 g/mol. The van der Waals surface area contributed by atoms with Crippen LogP contribution in [0.15, 0.2) is 42.7 Å². The lowest BCUT2D eigenvalue weighted by molar-refractivity contribution is 0.102. The number of pyridine rings is 1. The van der Waals surface area contributed by atoms with E-state index in [0.717, 1.165) is 16.1 Å². The first-order valence-corrected chi connectivity index (χ1v) is 8.36. The van der Waals surface area contributed by atoms with Gasteiger partial charge in [0.05, 0.1) is 24.8 Å². The van der Waals surface area contributed by atoms with E-state index in [-0.39, 0.29) is 5.91 Å². The van der Waals surface area contributed by atoms with Gasteiger partial charge in [-0.05, 0) is 25.1 Å². The molecule has 1 N–H and O–H groups in total. The first-order valence-electron chi connectivity index (χ1n) is 7.54. The average molecular weight is 355 g/mol. The van der Waals surface area contributed by atoms with Crippen LogP contribution in [0.4, 0.5) is 5.13 Å². The zero-order valence-electron chi connectivity index (χ0n) is 14.1. The van der Waals surface area contributed by atoms with E-state index in [1.165, 1.54) is 25.6 Å². The molecule has 3 rings (SSSR count). The van der Waals surface area contributed by atoms with Crippen LogP contribution < -0.4 is 14.8 Å². The van der Waals surface area contributed by atoms with Gasteiger partial charge in [-0.15, -0.1) is 0 Å². The fourth-order valence-corrected chi connectivity index (χ4v) is 3.40. The largest absolute Gasteiger partial charge is 0.496 e. The van der Waals surface area contributed by atoms with Gasteiger partial charge in [0.25, 0.3) is 5.91 Å². The normalized spacial score (nSPS) is 10.4. The zero-order valence-corrected chi connectivity index (χ0v) is 14.9. The van der Waals surface area contributed by atoms with Gasteiger partial charge in [-0.2, -0.15) is 0 Å². The molecule has 0 bridgehead atoms. The van der Waals surface area contributed by atoms with Crippen LogP contribution in [-0.4, -0.2) is 30.1 Å². The number of nitrogens with zero attached hydrogens (tertiary/aromatic N) is 2. The molecule has 0 aliphatic carbocycles. The Hall–Kier alpha value is -2.93. The third-order valence-corrected chi connectivity index (χ3v) is 4.72. The number of amides is 1. The van der Waals surface area contributed by atoms with Crippen molar-refractivity contribution < 1.29 is 14.3 Å². The molecule has 0 radical (unpaired) electrons. The predicted molar refractivity (Wildman–Crippen MR) is 97.6 cm³/mol. The SMILES string of the molecule is COc1cccc(OC)c1C(=O)Nc1nc(C)c(-c2cccnc2)s1. The van der Waals surface area contributed by atoms with Crippen molar-refractivity contribution in [2.24, 2.45) is 0 Å². The minimum absolute atomic E-state index is 0.333. The molecule has 0 fully saturated rings. The van der Waals surface area contributed by atoms with Crippen LogP contribution in [0.1, 0.15) is 16.1 Å². The number of carbonyl (C=O) groups is 1. The average Bonchev–Trinajstić information content (AvgIpc) is 3.01. The Labute approximate surface area is 149 Å². The summed E-state index contributed by atoms with van der Waals surface area (Å²) in [5.74, 6) is 0.552. The number of carbonyl (C=O) groups excluding carboxylic acids is 1. The second-order valence-corrected chi connectivity index (χ2v) is 6.17. The summed E-state index contributed by atoms with van der Waals surface area (Å²) in [6.07, 6.45) is 3.49. The summed E-state index contributed by atoms with van der Waals surface area (Å²) in [6.45, 7) is 1.90. The maximum absolute atomic E-state index is 12.7. The summed E-state index contributed by atoms with van der Waals surface area (Å²) < 4.78 is 10.6. The summed E-state index contributed by atoms with van der Waals surface area (Å²) in [7, 11) is 3.03. The van der Waals surface area contributed by atoms with Crippen molar-refractivity contribution in [1.29, 1.82) is 0 Å². The molecule has 0 spiro atoms. The summed E-state index contributed by atoms with van der Waals surface area (Å²) in [4.78, 5) is 22.2. The Morgan fingerprint density at radius 3 is 2.44 bits per heavy atom. The molecule has 2 aromatic heterocycles. The lowest BCUT2D eigenvalue weighted by atomic mass is 10.1. The molecule has 3 aromatic rings. The van der Waals surface area contributed by atoms with Crippen LogP contribution in [0, 0.1) is 6.92 Å². The predicted octanol–water partition coefficient (Wildman–Crippen LogP) is 3.78. The number of benzene rings is 1. The van der Waals surface area contributed by atoms with Crippen LogP contribution in [0.2, 0.25) is 0 Å². The highest BCUT2D eigenvalue weighted by Gasteiger charge is 2.20. The van der Waals surface area contributed by atoms with E-state index in [1.807, 2.05) is 19.1 Å². The summed E-state index contributed by atoms with van der Waals surface area (Å²) in [5, 5.41) is 3.34. The smallest absolute Gasteiger partial charge is 0.265 e. The maximum atomic E-state index is 12.7. The molecule has 0 aliphatic rings. The summed E-state index contributed by atoms with van der Waals surface area (Å²) in [5.41, 5.74) is 2.14. The third-order valence-electron chi connectivity index (χ3n) is 3.60. The molecule has 0 saturated heterocycles. The Bertz CT molecular complexity index is 872. The second-order valence-electron chi connectivity index (χ2n) is 5.17. The lowest BCUT2D eigenvalue weighted by Crippen LogP contribution is -2.14. The van der Waals surface area contributed by atoms with Gasteiger partial charge in [0.2, 0.25) is 0 Å². The third kappa shape index (κ3) is 3.46. The minimum Gasteiger partial charge on any atom is -0.496 e. The number of hydrogen-bond acceptors (Lipinski definition) is 6. The van der Waals surface area contributed by atoms with E-state index >= 15 is 0 Å². The molecule has 1 amide bonds. The fraction of sp³-hybridized carbons (Fsp3) is 0.167. The van der Waals surface area contributed by atoms with E-state index < -0.39 is 0 Å². The van der Waals surface area contributed by atoms with Gasteiger partial charge in [0.1, 0.15) is 17.1 Å². The molecule has 25 heavy (non-hydrogen) atoms. The quantitative estimate of drug-likeness (QED) is 0.754. The van der Waals surface area contributed by atoms with Gasteiger partial charge in [-0.25, -0.2) is 4.98 Å². The fourth-order valence-electron chi connectivity index (χ4n) is 2.45. The van der Waals surface area contributed by atoms with Gasteiger partial charge in [-0.3, -0.25) is 15.1 Å². The topological polar surface area (TPSA) is 73.3 Å². The molecule has 0 saturated carbocycles. The highest BCUT2D eigenvalue weighted by molar-refractivity contribution is 7.19. The number of ether oxygens (including phenoxy) is 2. The van der Waals surface area contributed by atoms with Gasteiger partial charge in [-0.1, -0.05) is 23.5 Å². The van der Waals surface area contributed by atoms with Crippen LogP contribution in [-0.2, 0) is 0 Å². The standard InChI is InChI=1S/C18H17N3O3S/c1-11-16(12-6-5-9-19-10-12)25-18(20-11)21-17(22)15-13(23-2)7-4-8-14(15)24-3/h4-10H,1-3H3,(H,20,21,22).